The monoisotopic (exact) mass is 479 g/mol. The number of halogens is 3. The van der Waals surface area contributed by atoms with Crippen molar-refractivity contribution in [2.75, 3.05) is 7.11 Å². The summed E-state index contributed by atoms with van der Waals surface area (Å²) in [5, 5.41) is 12.8. The molecular weight excluding hydrogens is 459 g/mol. The molecule has 0 unspecified atom stereocenters. The average molecular weight is 479 g/mol. The molecular formula is C26H20F3N3O3. The van der Waals surface area contributed by atoms with Crippen molar-refractivity contribution >= 4 is 18.1 Å². The minimum absolute atomic E-state index is 0.146. The number of nitrogens with zero attached hydrogens (tertiary/aromatic N) is 3. The van der Waals surface area contributed by atoms with E-state index in [4.69, 9.17) is 4.74 Å². The lowest BCUT2D eigenvalue weighted by Crippen LogP contribution is -2.18. The summed E-state index contributed by atoms with van der Waals surface area (Å²) in [6, 6.07) is 17.6. The summed E-state index contributed by atoms with van der Waals surface area (Å²) in [4.78, 5) is 15.7. The van der Waals surface area contributed by atoms with E-state index in [-0.39, 0.29) is 5.82 Å². The molecule has 0 aliphatic heterocycles. The van der Waals surface area contributed by atoms with Crippen molar-refractivity contribution in [2.24, 2.45) is 0 Å². The van der Waals surface area contributed by atoms with Crippen LogP contribution in [0.25, 0.3) is 29.2 Å². The lowest BCUT2D eigenvalue weighted by atomic mass is 10.0. The topological polar surface area (TPSA) is 77.2 Å². The van der Waals surface area contributed by atoms with Crippen LogP contribution in [-0.4, -0.2) is 33.0 Å². The highest BCUT2D eigenvalue weighted by Gasteiger charge is 2.41. The smallest absolute Gasteiger partial charge is 0.434 e. The third-order valence-electron chi connectivity index (χ3n) is 5.38. The van der Waals surface area contributed by atoms with Crippen LogP contribution in [0.2, 0.25) is 0 Å². The molecule has 4 aromatic rings. The van der Waals surface area contributed by atoms with Gasteiger partial charge in [0, 0.05) is 5.56 Å². The third-order valence-corrected chi connectivity index (χ3v) is 5.38. The quantitative estimate of drug-likeness (QED) is 0.336. The van der Waals surface area contributed by atoms with Gasteiger partial charge in [0.05, 0.1) is 19.0 Å². The van der Waals surface area contributed by atoms with E-state index in [0.717, 1.165) is 22.4 Å². The van der Waals surface area contributed by atoms with Crippen LogP contribution in [0.1, 0.15) is 32.7 Å². The molecule has 0 saturated heterocycles. The number of ether oxygens (including phenoxy) is 1. The first kappa shape index (κ1) is 23.7. The van der Waals surface area contributed by atoms with Crippen LogP contribution in [-0.2, 0) is 6.18 Å². The second kappa shape index (κ2) is 9.46. The fraction of sp³-hybridized carbons (Fsp3) is 0.115. The van der Waals surface area contributed by atoms with Gasteiger partial charge in [0.15, 0.2) is 11.5 Å². The number of alkyl halides is 3. The zero-order valence-electron chi connectivity index (χ0n) is 18.7. The van der Waals surface area contributed by atoms with E-state index >= 15 is 0 Å². The molecule has 1 N–H and O–H groups in total. The molecule has 2 heterocycles. The number of aromatic nitrogens is 3. The van der Waals surface area contributed by atoms with E-state index in [9.17, 15) is 23.1 Å². The largest absolute Gasteiger partial charge is 0.497 e. The molecule has 0 saturated carbocycles. The lowest BCUT2D eigenvalue weighted by molar-refractivity contribution is -0.143. The molecule has 0 bridgehead atoms. The van der Waals surface area contributed by atoms with Crippen LogP contribution < -0.4 is 4.74 Å². The van der Waals surface area contributed by atoms with Gasteiger partial charge >= 0.3 is 12.1 Å². The van der Waals surface area contributed by atoms with Gasteiger partial charge in [0.25, 0.3) is 0 Å². The fourth-order valence-corrected chi connectivity index (χ4v) is 3.66. The van der Waals surface area contributed by atoms with Crippen molar-refractivity contribution < 1.29 is 27.8 Å². The second-order valence-electron chi connectivity index (χ2n) is 7.65. The van der Waals surface area contributed by atoms with E-state index in [1.54, 1.807) is 25.3 Å². The molecule has 0 fully saturated rings. The Kier molecular flexibility index (Phi) is 6.42. The first-order valence-corrected chi connectivity index (χ1v) is 10.5. The zero-order valence-corrected chi connectivity index (χ0v) is 18.7. The summed E-state index contributed by atoms with van der Waals surface area (Å²) >= 11 is 0. The van der Waals surface area contributed by atoms with Crippen molar-refractivity contribution in [2.45, 2.75) is 13.1 Å². The van der Waals surface area contributed by atoms with Crippen LogP contribution in [0.15, 0.2) is 66.9 Å². The van der Waals surface area contributed by atoms with Gasteiger partial charge in [-0.05, 0) is 47.9 Å². The van der Waals surface area contributed by atoms with Crippen LogP contribution in [0.5, 0.6) is 5.75 Å². The highest BCUT2D eigenvalue weighted by Crippen LogP contribution is 2.34. The number of hydrogen-bond acceptors (Lipinski definition) is 4. The van der Waals surface area contributed by atoms with E-state index in [1.807, 2.05) is 55.5 Å². The molecule has 6 nitrogen and oxygen atoms in total. The number of aryl methyl sites for hydroxylation is 1. The summed E-state index contributed by atoms with van der Waals surface area (Å²) in [6.45, 7) is 1.97. The van der Waals surface area contributed by atoms with Crippen LogP contribution in [0, 0.1) is 6.92 Å². The Morgan fingerprint density at radius 3 is 2.46 bits per heavy atom. The second-order valence-corrected chi connectivity index (χ2v) is 7.65. The summed E-state index contributed by atoms with van der Waals surface area (Å²) in [5.74, 6) is -1.11. The first-order chi connectivity index (χ1) is 16.7. The van der Waals surface area contributed by atoms with Gasteiger partial charge in [0.1, 0.15) is 11.3 Å². The van der Waals surface area contributed by atoms with Gasteiger partial charge in [0.2, 0.25) is 0 Å². The standard InChI is InChI=1S/C26H20F3N3O3/c1-16-14-19(35-2)13-12-17(16)10-11-18-6-3-4-7-20(18)22-8-5-9-23(31-22)32-24(26(27,28)29)21(15-30-32)25(33)34/h3-15H,1-2H3,(H,33,34)/b11-10+. The SMILES string of the molecule is COc1ccc(/C=C/c2ccccc2-c2cccc(-n3ncc(C(=O)O)c3C(F)(F)F)n2)c(C)c1. The van der Waals surface area contributed by atoms with E-state index < -0.39 is 23.4 Å². The highest BCUT2D eigenvalue weighted by atomic mass is 19.4. The Morgan fingerprint density at radius 1 is 1.03 bits per heavy atom. The first-order valence-electron chi connectivity index (χ1n) is 10.5. The molecule has 2 aromatic carbocycles. The van der Waals surface area contributed by atoms with Crippen LogP contribution in [0.3, 0.4) is 0 Å². The molecule has 178 valence electrons. The van der Waals surface area contributed by atoms with Crippen molar-refractivity contribution in [1.82, 2.24) is 14.8 Å². The van der Waals surface area contributed by atoms with Gasteiger partial charge < -0.3 is 9.84 Å². The number of carboxylic acids is 1. The number of carboxylic acid groups (broad SMARTS) is 1. The zero-order chi connectivity index (χ0) is 25.2. The van der Waals surface area contributed by atoms with Gasteiger partial charge in [-0.1, -0.05) is 48.6 Å². The Bertz CT molecular complexity index is 1420. The predicted octanol–water partition coefficient (Wildman–Crippen LogP) is 6.14. The van der Waals surface area contributed by atoms with E-state index in [1.165, 1.54) is 6.07 Å². The van der Waals surface area contributed by atoms with Crippen molar-refractivity contribution in [1.29, 1.82) is 0 Å². The molecule has 35 heavy (non-hydrogen) atoms. The Labute approximate surface area is 198 Å². The Hall–Kier alpha value is -4.40. The fourth-order valence-electron chi connectivity index (χ4n) is 3.66. The minimum Gasteiger partial charge on any atom is -0.497 e. The number of pyridine rings is 1. The Balaban J connectivity index is 1.75. The summed E-state index contributed by atoms with van der Waals surface area (Å²) in [6.07, 6.45) is -0.423. The molecule has 0 atom stereocenters. The van der Waals surface area contributed by atoms with Gasteiger partial charge in [-0.15, -0.1) is 0 Å². The maximum absolute atomic E-state index is 13.6. The number of rotatable bonds is 6. The van der Waals surface area contributed by atoms with E-state index in [2.05, 4.69) is 10.1 Å². The van der Waals surface area contributed by atoms with Crippen molar-refractivity contribution in [3.05, 3.63) is 94.8 Å². The van der Waals surface area contributed by atoms with Gasteiger partial charge in [-0.2, -0.15) is 18.3 Å². The van der Waals surface area contributed by atoms with Crippen molar-refractivity contribution in [3.8, 4) is 22.8 Å². The normalized spacial score (nSPS) is 11.7. The number of carbonyl (C=O) groups is 1. The van der Waals surface area contributed by atoms with Gasteiger partial charge in [-0.25, -0.2) is 14.5 Å². The molecule has 4 rings (SSSR count). The Morgan fingerprint density at radius 2 is 1.77 bits per heavy atom. The molecule has 0 amide bonds. The number of benzene rings is 2. The molecule has 9 heteroatoms. The molecule has 0 spiro atoms. The highest BCUT2D eigenvalue weighted by molar-refractivity contribution is 5.89. The summed E-state index contributed by atoms with van der Waals surface area (Å²) in [7, 11) is 1.60. The average Bonchev–Trinajstić information content (AvgIpc) is 3.30. The molecule has 0 aliphatic rings. The summed E-state index contributed by atoms with van der Waals surface area (Å²) < 4.78 is 46.7. The minimum atomic E-state index is -4.93. The van der Waals surface area contributed by atoms with Crippen LogP contribution in [0.4, 0.5) is 13.2 Å². The predicted molar refractivity (Wildman–Crippen MR) is 125 cm³/mol. The van der Waals surface area contributed by atoms with Crippen LogP contribution >= 0.6 is 0 Å². The maximum Gasteiger partial charge on any atom is 0.434 e. The number of hydrogen-bond donors (Lipinski definition) is 1. The summed E-state index contributed by atoms with van der Waals surface area (Å²) in [5.41, 5.74) is 1.57. The van der Waals surface area contributed by atoms with Crippen molar-refractivity contribution in [3.63, 3.8) is 0 Å². The van der Waals surface area contributed by atoms with Gasteiger partial charge in [-0.3, -0.25) is 0 Å². The molecule has 0 radical (unpaired) electrons. The number of aromatic carboxylic acids is 1. The lowest BCUT2D eigenvalue weighted by Gasteiger charge is -2.12. The molecule has 2 aromatic heterocycles. The van der Waals surface area contributed by atoms with E-state index in [0.29, 0.717) is 22.1 Å². The maximum atomic E-state index is 13.6. The number of methoxy groups -OCH3 is 1. The molecule has 0 aliphatic carbocycles. The third kappa shape index (κ3) is 4.93.